The van der Waals surface area contributed by atoms with Crippen molar-refractivity contribution in [1.82, 2.24) is 0 Å². The molecule has 0 aliphatic heterocycles. The molecule has 3 heteroatoms. The fourth-order valence-corrected chi connectivity index (χ4v) is 1.45. The van der Waals surface area contributed by atoms with E-state index in [1.54, 1.807) is 0 Å². The average molecular weight is 215 g/mol. The van der Waals surface area contributed by atoms with Crippen LogP contribution in [0.15, 0.2) is 0 Å². The molecule has 0 spiro atoms. The van der Waals surface area contributed by atoms with E-state index in [9.17, 15) is 4.79 Å². The fourth-order valence-electron chi connectivity index (χ4n) is 1.45. The summed E-state index contributed by atoms with van der Waals surface area (Å²) in [5.74, 6) is 0.394. The summed E-state index contributed by atoms with van der Waals surface area (Å²) in [7, 11) is 0. The van der Waals surface area contributed by atoms with Crippen LogP contribution in [0.3, 0.4) is 0 Å². The summed E-state index contributed by atoms with van der Waals surface area (Å²) in [4.78, 5) is 11.3. The maximum absolute atomic E-state index is 11.3. The van der Waals surface area contributed by atoms with Crippen molar-refractivity contribution in [2.75, 3.05) is 6.61 Å². The van der Waals surface area contributed by atoms with Gasteiger partial charge in [-0.1, -0.05) is 20.3 Å². The Hall–Kier alpha value is -0.570. The lowest BCUT2D eigenvalue weighted by atomic mass is 10.1. The van der Waals surface area contributed by atoms with Crippen LogP contribution in [0.2, 0.25) is 0 Å². The molecule has 0 amide bonds. The highest BCUT2D eigenvalue weighted by Gasteiger charge is 2.07. The van der Waals surface area contributed by atoms with Crippen LogP contribution in [-0.4, -0.2) is 18.6 Å². The van der Waals surface area contributed by atoms with E-state index in [1.807, 2.05) is 6.92 Å². The zero-order valence-corrected chi connectivity index (χ0v) is 10.3. The van der Waals surface area contributed by atoms with Crippen molar-refractivity contribution in [3.05, 3.63) is 0 Å². The van der Waals surface area contributed by atoms with Gasteiger partial charge in [-0.3, -0.25) is 4.79 Å². The summed E-state index contributed by atoms with van der Waals surface area (Å²) in [6, 6.07) is 0.178. The van der Waals surface area contributed by atoms with Gasteiger partial charge in [0.1, 0.15) is 0 Å². The minimum absolute atomic E-state index is 0.0846. The highest BCUT2D eigenvalue weighted by Crippen LogP contribution is 2.07. The molecule has 0 radical (unpaired) electrons. The van der Waals surface area contributed by atoms with Crippen LogP contribution in [0.1, 0.15) is 52.9 Å². The topological polar surface area (TPSA) is 52.3 Å². The molecule has 0 saturated carbocycles. The molecule has 0 saturated heterocycles. The third kappa shape index (κ3) is 9.73. The summed E-state index contributed by atoms with van der Waals surface area (Å²) < 4.78 is 5.16. The van der Waals surface area contributed by atoms with Crippen molar-refractivity contribution in [3.63, 3.8) is 0 Å². The Labute approximate surface area is 93.4 Å². The average Bonchev–Trinajstić information content (AvgIpc) is 2.14. The van der Waals surface area contributed by atoms with Crippen LogP contribution >= 0.6 is 0 Å². The van der Waals surface area contributed by atoms with Crippen molar-refractivity contribution < 1.29 is 9.53 Å². The molecule has 0 rings (SSSR count). The third-order valence-corrected chi connectivity index (χ3v) is 2.35. The molecular weight excluding hydrogens is 190 g/mol. The zero-order chi connectivity index (χ0) is 11.7. The minimum atomic E-state index is -0.0846. The molecular formula is C12H25NO2. The Balaban J connectivity index is 3.40. The normalized spacial score (nSPS) is 14.7. The van der Waals surface area contributed by atoms with Gasteiger partial charge in [-0.2, -0.15) is 0 Å². The standard InChI is InChI=1S/C12H25NO2/c1-4-6-10(2)9-15-12(14)8-5-7-11(3)13/h10-11H,4-9,13H2,1-3H3. The van der Waals surface area contributed by atoms with Crippen LogP contribution in [0.25, 0.3) is 0 Å². The molecule has 15 heavy (non-hydrogen) atoms. The zero-order valence-electron chi connectivity index (χ0n) is 10.3. The van der Waals surface area contributed by atoms with Crippen molar-refractivity contribution in [1.29, 1.82) is 0 Å². The quantitative estimate of drug-likeness (QED) is 0.633. The van der Waals surface area contributed by atoms with Crippen LogP contribution in [-0.2, 0) is 9.53 Å². The number of rotatable bonds is 8. The Morgan fingerprint density at radius 2 is 2.00 bits per heavy atom. The van der Waals surface area contributed by atoms with Gasteiger partial charge in [0, 0.05) is 12.5 Å². The second-order valence-electron chi connectivity index (χ2n) is 4.45. The predicted octanol–water partition coefficient (Wildman–Crippen LogP) is 2.48. The predicted molar refractivity (Wildman–Crippen MR) is 62.5 cm³/mol. The van der Waals surface area contributed by atoms with Gasteiger partial charge in [-0.15, -0.1) is 0 Å². The Kier molecular flexibility index (Phi) is 8.38. The number of carbonyl (C=O) groups is 1. The molecule has 0 aliphatic carbocycles. The van der Waals surface area contributed by atoms with Crippen molar-refractivity contribution in [2.45, 2.75) is 58.9 Å². The molecule has 0 fully saturated rings. The summed E-state index contributed by atoms with van der Waals surface area (Å²) in [6.45, 7) is 6.76. The second-order valence-corrected chi connectivity index (χ2v) is 4.45. The van der Waals surface area contributed by atoms with Crippen molar-refractivity contribution in [3.8, 4) is 0 Å². The Bertz CT molecular complexity index is 169. The lowest BCUT2D eigenvalue weighted by molar-refractivity contribution is -0.145. The first-order valence-electron chi connectivity index (χ1n) is 5.97. The first-order valence-corrected chi connectivity index (χ1v) is 5.97. The number of ether oxygens (including phenoxy) is 1. The summed E-state index contributed by atoms with van der Waals surface area (Å²) in [5, 5.41) is 0. The molecule has 0 heterocycles. The molecule has 0 aromatic heterocycles. The maximum Gasteiger partial charge on any atom is 0.305 e. The van der Waals surface area contributed by atoms with Crippen LogP contribution in [0.5, 0.6) is 0 Å². The van der Waals surface area contributed by atoms with E-state index in [0.717, 1.165) is 25.7 Å². The smallest absolute Gasteiger partial charge is 0.305 e. The summed E-state index contributed by atoms with van der Waals surface area (Å²) in [5.41, 5.74) is 5.59. The summed E-state index contributed by atoms with van der Waals surface area (Å²) >= 11 is 0. The molecule has 0 aromatic carbocycles. The highest BCUT2D eigenvalue weighted by atomic mass is 16.5. The lowest BCUT2D eigenvalue weighted by Crippen LogP contribution is -2.16. The lowest BCUT2D eigenvalue weighted by Gasteiger charge is -2.11. The minimum Gasteiger partial charge on any atom is -0.465 e. The summed E-state index contributed by atoms with van der Waals surface area (Å²) in [6.07, 6.45) is 4.48. The van der Waals surface area contributed by atoms with E-state index >= 15 is 0 Å². The highest BCUT2D eigenvalue weighted by molar-refractivity contribution is 5.69. The number of esters is 1. The number of nitrogens with two attached hydrogens (primary N) is 1. The van der Waals surface area contributed by atoms with Crippen LogP contribution in [0, 0.1) is 5.92 Å². The van der Waals surface area contributed by atoms with Crippen LogP contribution in [0.4, 0.5) is 0 Å². The monoisotopic (exact) mass is 215 g/mol. The van der Waals surface area contributed by atoms with E-state index in [-0.39, 0.29) is 12.0 Å². The van der Waals surface area contributed by atoms with E-state index in [4.69, 9.17) is 10.5 Å². The molecule has 0 aliphatic rings. The van der Waals surface area contributed by atoms with Crippen LogP contribution < -0.4 is 5.73 Å². The molecule has 0 bridgehead atoms. The first-order chi connectivity index (χ1) is 7.06. The molecule has 2 atom stereocenters. The van der Waals surface area contributed by atoms with Gasteiger partial charge >= 0.3 is 5.97 Å². The molecule has 3 nitrogen and oxygen atoms in total. The largest absolute Gasteiger partial charge is 0.465 e. The number of hydrogen-bond donors (Lipinski definition) is 1. The van der Waals surface area contributed by atoms with Gasteiger partial charge in [0.15, 0.2) is 0 Å². The van der Waals surface area contributed by atoms with Gasteiger partial charge in [-0.05, 0) is 32.1 Å². The van der Waals surface area contributed by atoms with E-state index in [0.29, 0.717) is 18.9 Å². The fraction of sp³-hybridized carbons (Fsp3) is 0.917. The SMILES string of the molecule is CCCC(C)COC(=O)CCCC(C)N. The molecule has 2 N–H and O–H groups in total. The first kappa shape index (κ1) is 14.4. The van der Waals surface area contributed by atoms with E-state index in [1.165, 1.54) is 0 Å². The van der Waals surface area contributed by atoms with Crippen molar-refractivity contribution in [2.24, 2.45) is 11.7 Å². The Morgan fingerprint density at radius 3 is 2.53 bits per heavy atom. The Morgan fingerprint density at radius 1 is 1.33 bits per heavy atom. The van der Waals surface area contributed by atoms with Gasteiger partial charge in [0.05, 0.1) is 6.61 Å². The van der Waals surface area contributed by atoms with Crippen molar-refractivity contribution >= 4 is 5.97 Å². The number of hydrogen-bond acceptors (Lipinski definition) is 3. The second kappa shape index (κ2) is 8.72. The van der Waals surface area contributed by atoms with Gasteiger partial charge < -0.3 is 10.5 Å². The third-order valence-electron chi connectivity index (χ3n) is 2.35. The molecule has 90 valence electrons. The van der Waals surface area contributed by atoms with E-state index < -0.39 is 0 Å². The van der Waals surface area contributed by atoms with Gasteiger partial charge in [0.2, 0.25) is 0 Å². The molecule has 2 unspecified atom stereocenters. The van der Waals surface area contributed by atoms with Gasteiger partial charge in [0.25, 0.3) is 0 Å². The van der Waals surface area contributed by atoms with Gasteiger partial charge in [-0.25, -0.2) is 0 Å². The van der Waals surface area contributed by atoms with E-state index in [2.05, 4.69) is 13.8 Å². The molecule has 0 aromatic rings. The maximum atomic E-state index is 11.3. The number of carbonyl (C=O) groups excluding carboxylic acids is 1.